The van der Waals surface area contributed by atoms with Crippen LogP contribution in [0.5, 0.6) is 11.5 Å². The molecule has 1 heterocycles. The largest absolute Gasteiger partial charge is 0.490 e. The molecule has 156 valence electrons. The third-order valence-electron chi connectivity index (χ3n) is 3.80. The van der Waals surface area contributed by atoms with Gasteiger partial charge in [0, 0.05) is 0 Å². The summed E-state index contributed by atoms with van der Waals surface area (Å²) in [6.45, 7) is 4.76. The first-order chi connectivity index (χ1) is 14.6. The molecule has 0 aliphatic carbocycles. The number of hydrazone groups is 1. The minimum absolute atomic E-state index is 0.204. The number of amides is 1. The summed E-state index contributed by atoms with van der Waals surface area (Å²) in [5.74, 6) is 1.60. The maximum atomic E-state index is 11.9. The van der Waals surface area contributed by atoms with Crippen molar-refractivity contribution < 1.29 is 14.3 Å². The van der Waals surface area contributed by atoms with Gasteiger partial charge in [-0.3, -0.25) is 4.79 Å². The summed E-state index contributed by atoms with van der Waals surface area (Å²) < 4.78 is 12.2. The Bertz CT molecular complexity index is 1010. The zero-order valence-electron chi connectivity index (χ0n) is 16.7. The van der Waals surface area contributed by atoms with E-state index in [1.807, 2.05) is 62.4 Å². The molecule has 0 atom stereocenters. The normalized spacial score (nSPS) is 10.9. The summed E-state index contributed by atoms with van der Waals surface area (Å²) in [5.41, 5.74) is 4.42. The Balaban J connectivity index is 1.39. The molecule has 0 bridgehead atoms. The highest BCUT2D eigenvalue weighted by molar-refractivity contribution is 8.01. The second-order valence-corrected chi connectivity index (χ2v) is 8.61. The van der Waals surface area contributed by atoms with Gasteiger partial charge in [0.25, 0.3) is 5.91 Å². The van der Waals surface area contributed by atoms with Gasteiger partial charge in [-0.05, 0) is 43.2 Å². The average Bonchev–Trinajstić information content (AvgIpc) is 3.16. The van der Waals surface area contributed by atoms with Gasteiger partial charge in [-0.25, -0.2) is 5.43 Å². The number of carbonyl (C=O) groups excluding carboxylic acids is 1. The van der Waals surface area contributed by atoms with Crippen LogP contribution < -0.4 is 14.9 Å². The second-order valence-electron chi connectivity index (χ2n) is 6.20. The standard InChI is InChI=1S/C21H22N4O3S2/c1-15-6-3-4-9-19(15)28-11-10-27-18-8-5-7-17(12-18)13-22-24-20(26)14-29-21-25-23-16(2)30-21/h3-9,12-13H,10-11,14H2,1-2H3,(H,24,26). The number of para-hydroxylation sites is 1. The summed E-state index contributed by atoms with van der Waals surface area (Å²) in [6, 6.07) is 15.3. The Kier molecular flexibility index (Phi) is 8.22. The van der Waals surface area contributed by atoms with E-state index in [9.17, 15) is 4.79 Å². The Labute approximate surface area is 183 Å². The van der Waals surface area contributed by atoms with Crippen LogP contribution in [0.2, 0.25) is 0 Å². The molecule has 0 spiro atoms. The number of rotatable bonds is 10. The summed E-state index contributed by atoms with van der Waals surface area (Å²) in [7, 11) is 0. The maximum Gasteiger partial charge on any atom is 0.250 e. The first-order valence-electron chi connectivity index (χ1n) is 9.26. The fraction of sp³-hybridized carbons (Fsp3) is 0.238. The van der Waals surface area contributed by atoms with Crippen LogP contribution in [0, 0.1) is 13.8 Å². The molecule has 0 fully saturated rings. The number of nitrogens with zero attached hydrogens (tertiary/aromatic N) is 3. The highest BCUT2D eigenvalue weighted by Crippen LogP contribution is 2.21. The van der Waals surface area contributed by atoms with E-state index in [0.717, 1.165) is 26.2 Å². The van der Waals surface area contributed by atoms with Crippen molar-refractivity contribution >= 4 is 35.2 Å². The van der Waals surface area contributed by atoms with E-state index < -0.39 is 0 Å². The molecule has 0 unspecified atom stereocenters. The van der Waals surface area contributed by atoms with Gasteiger partial charge in [-0.15, -0.1) is 10.2 Å². The minimum atomic E-state index is -0.204. The van der Waals surface area contributed by atoms with Crippen LogP contribution in [0.25, 0.3) is 0 Å². The number of benzene rings is 2. The second kappa shape index (κ2) is 11.3. The smallest absolute Gasteiger partial charge is 0.250 e. The molecule has 1 N–H and O–H groups in total. The van der Waals surface area contributed by atoms with Crippen LogP contribution in [0.4, 0.5) is 0 Å². The van der Waals surface area contributed by atoms with Gasteiger partial charge in [0.05, 0.1) is 12.0 Å². The van der Waals surface area contributed by atoms with Crippen molar-refractivity contribution in [1.82, 2.24) is 15.6 Å². The van der Waals surface area contributed by atoms with Gasteiger partial charge in [0.15, 0.2) is 4.34 Å². The first-order valence-corrected chi connectivity index (χ1v) is 11.1. The lowest BCUT2D eigenvalue weighted by Gasteiger charge is -2.10. The lowest BCUT2D eigenvalue weighted by Crippen LogP contribution is -2.19. The molecular formula is C21H22N4O3S2. The molecule has 1 amide bonds. The summed E-state index contributed by atoms with van der Waals surface area (Å²) >= 11 is 2.79. The number of aromatic nitrogens is 2. The number of hydrogen-bond acceptors (Lipinski definition) is 8. The maximum absolute atomic E-state index is 11.9. The molecule has 30 heavy (non-hydrogen) atoms. The van der Waals surface area contributed by atoms with Crippen LogP contribution in [-0.4, -0.2) is 41.3 Å². The monoisotopic (exact) mass is 442 g/mol. The fourth-order valence-electron chi connectivity index (χ4n) is 2.39. The van der Waals surface area contributed by atoms with Crippen molar-refractivity contribution in [2.24, 2.45) is 5.10 Å². The molecule has 3 aromatic rings. The van der Waals surface area contributed by atoms with E-state index in [0.29, 0.717) is 19.0 Å². The van der Waals surface area contributed by atoms with Crippen LogP contribution >= 0.6 is 23.1 Å². The quantitative estimate of drug-likeness (QED) is 0.222. The van der Waals surface area contributed by atoms with Crippen LogP contribution in [0.15, 0.2) is 58.0 Å². The van der Waals surface area contributed by atoms with Crippen molar-refractivity contribution in [2.75, 3.05) is 19.0 Å². The molecular weight excluding hydrogens is 420 g/mol. The Morgan fingerprint density at radius 1 is 1.13 bits per heavy atom. The van der Waals surface area contributed by atoms with E-state index in [2.05, 4.69) is 20.7 Å². The highest BCUT2D eigenvalue weighted by Gasteiger charge is 2.05. The first kappa shape index (κ1) is 21.8. The van der Waals surface area contributed by atoms with Crippen molar-refractivity contribution in [2.45, 2.75) is 18.2 Å². The highest BCUT2D eigenvalue weighted by atomic mass is 32.2. The van der Waals surface area contributed by atoms with Crippen LogP contribution in [0.3, 0.4) is 0 Å². The van der Waals surface area contributed by atoms with E-state index in [1.165, 1.54) is 23.1 Å². The van der Waals surface area contributed by atoms with E-state index in [4.69, 9.17) is 9.47 Å². The van der Waals surface area contributed by atoms with Gasteiger partial charge < -0.3 is 9.47 Å². The third kappa shape index (κ3) is 7.16. The molecule has 2 aromatic carbocycles. The van der Waals surface area contributed by atoms with Crippen LogP contribution in [-0.2, 0) is 4.79 Å². The number of aryl methyl sites for hydroxylation is 2. The molecule has 0 saturated heterocycles. The summed E-state index contributed by atoms with van der Waals surface area (Å²) in [6.07, 6.45) is 1.58. The molecule has 1 aromatic heterocycles. The lowest BCUT2D eigenvalue weighted by atomic mass is 10.2. The van der Waals surface area contributed by atoms with Gasteiger partial charge in [0.1, 0.15) is 29.7 Å². The minimum Gasteiger partial charge on any atom is -0.490 e. The Hall–Kier alpha value is -2.91. The molecule has 0 aliphatic rings. The van der Waals surface area contributed by atoms with Crippen molar-refractivity contribution in [3.8, 4) is 11.5 Å². The van der Waals surface area contributed by atoms with E-state index in [-0.39, 0.29) is 11.7 Å². The zero-order valence-corrected chi connectivity index (χ0v) is 18.3. The number of hydrogen-bond donors (Lipinski definition) is 1. The summed E-state index contributed by atoms with van der Waals surface area (Å²) in [5, 5.41) is 12.8. The predicted molar refractivity (Wildman–Crippen MR) is 120 cm³/mol. The average molecular weight is 443 g/mol. The molecule has 0 saturated carbocycles. The van der Waals surface area contributed by atoms with E-state index in [1.54, 1.807) is 6.21 Å². The number of ether oxygens (including phenoxy) is 2. The van der Waals surface area contributed by atoms with Gasteiger partial charge >= 0.3 is 0 Å². The molecule has 0 radical (unpaired) electrons. The van der Waals surface area contributed by atoms with Crippen molar-refractivity contribution in [1.29, 1.82) is 0 Å². The molecule has 3 rings (SSSR count). The predicted octanol–water partition coefficient (Wildman–Crippen LogP) is 3.86. The SMILES string of the molecule is Cc1nnc(SCC(=O)NN=Cc2cccc(OCCOc3ccccc3C)c2)s1. The summed E-state index contributed by atoms with van der Waals surface area (Å²) in [4.78, 5) is 11.9. The molecule has 0 aliphatic heterocycles. The lowest BCUT2D eigenvalue weighted by molar-refractivity contribution is -0.118. The van der Waals surface area contributed by atoms with Gasteiger partial charge in [-0.2, -0.15) is 5.10 Å². The van der Waals surface area contributed by atoms with Crippen molar-refractivity contribution in [3.63, 3.8) is 0 Å². The third-order valence-corrected chi connectivity index (χ3v) is 5.77. The Morgan fingerprint density at radius 2 is 1.97 bits per heavy atom. The molecule has 7 nitrogen and oxygen atoms in total. The Morgan fingerprint density at radius 3 is 2.77 bits per heavy atom. The van der Waals surface area contributed by atoms with Gasteiger partial charge in [-0.1, -0.05) is 53.4 Å². The fourth-order valence-corrected chi connectivity index (χ4v) is 4.00. The number of carbonyl (C=O) groups is 1. The van der Waals surface area contributed by atoms with Crippen molar-refractivity contribution in [3.05, 3.63) is 64.7 Å². The number of thioether (sulfide) groups is 1. The van der Waals surface area contributed by atoms with E-state index >= 15 is 0 Å². The number of nitrogens with one attached hydrogen (secondary N) is 1. The zero-order chi connectivity index (χ0) is 21.2. The topological polar surface area (TPSA) is 85.7 Å². The molecule has 9 heteroatoms. The van der Waals surface area contributed by atoms with Gasteiger partial charge in [0.2, 0.25) is 0 Å². The van der Waals surface area contributed by atoms with Crippen LogP contribution in [0.1, 0.15) is 16.1 Å².